The predicted octanol–water partition coefficient (Wildman–Crippen LogP) is 2.66. The standard InChI is InChI=1S/C12H15Cl2NO2S/c1-12(4-5-18(16,17)8-12)15-7-9-2-3-10(13)6-11(9)14/h2-3,6,15H,4-5,7-8H2,1H3. The lowest BCUT2D eigenvalue weighted by Crippen LogP contribution is -2.42. The predicted molar refractivity (Wildman–Crippen MR) is 75.0 cm³/mol. The molecule has 6 heteroatoms. The van der Waals surface area contributed by atoms with Crippen molar-refractivity contribution in [1.82, 2.24) is 5.32 Å². The second-order valence-electron chi connectivity index (χ2n) is 4.99. The van der Waals surface area contributed by atoms with Crippen LogP contribution < -0.4 is 5.32 Å². The lowest BCUT2D eigenvalue weighted by atomic mass is 10.0. The SMILES string of the molecule is CC1(NCc2ccc(Cl)cc2Cl)CCS(=O)(=O)C1. The molecule has 2 rings (SSSR count). The first-order chi connectivity index (χ1) is 8.30. The smallest absolute Gasteiger partial charge is 0.152 e. The monoisotopic (exact) mass is 307 g/mol. The van der Waals surface area contributed by atoms with Crippen LogP contribution in [0.4, 0.5) is 0 Å². The summed E-state index contributed by atoms with van der Waals surface area (Å²) in [6, 6.07) is 5.32. The lowest BCUT2D eigenvalue weighted by molar-refractivity contribution is 0.395. The molecule has 0 bridgehead atoms. The highest BCUT2D eigenvalue weighted by molar-refractivity contribution is 7.91. The minimum absolute atomic E-state index is 0.186. The summed E-state index contributed by atoms with van der Waals surface area (Å²) < 4.78 is 23.0. The van der Waals surface area contributed by atoms with Gasteiger partial charge in [0.15, 0.2) is 9.84 Å². The van der Waals surface area contributed by atoms with Crippen LogP contribution in [0.15, 0.2) is 18.2 Å². The van der Waals surface area contributed by atoms with Gasteiger partial charge in [-0.15, -0.1) is 0 Å². The first-order valence-electron chi connectivity index (χ1n) is 5.69. The molecule has 1 unspecified atom stereocenters. The zero-order chi connectivity index (χ0) is 13.4. The van der Waals surface area contributed by atoms with Gasteiger partial charge in [-0.25, -0.2) is 8.42 Å². The Kier molecular flexibility index (Phi) is 3.93. The molecule has 1 aromatic rings. The van der Waals surface area contributed by atoms with E-state index < -0.39 is 9.84 Å². The van der Waals surface area contributed by atoms with E-state index >= 15 is 0 Å². The van der Waals surface area contributed by atoms with Crippen LogP contribution in [-0.2, 0) is 16.4 Å². The maximum atomic E-state index is 11.5. The molecule has 0 radical (unpaired) electrons. The zero-order valence-electron chi connectivity index (χ0n) is 10.0. The molecule has 1 atom stereocenters. The molecule has 1 N–H and O–H groups in total. The maximum Gasteiger partial charge on any atom is 0.152 e. The van der Waals surface area contributed by atoms with E-state index in [1.54, 1.807) is 12.1 Å². The van der Waals surface area contributed by atoms with E-state index in [2.05, 4.69) is 5.32 Å². The second kappa shape index (κ2) is 5.00. The fourth-order valence-corrected chi connectivity index (χ4v) is 4.72. The Bertz CT molecular complexity index is 559. The Morgan fingerprint density at radius 1 is 1.39 bits per heavy atom. The molecule has 1 saturated heterocycles. The quantitative estimate of drug-likeness (QED) is 0.934. The van der Waals surface area contributed by atoms with Crippen LogP contribution in [-0.4, -0.2) is 25.5 Å². The molecular weight excluding hydrogens is 293 g/mol. The van der Waals surface area contributed by atoms with Gasteiger partial charge in [-0.1, -0.05) is 29.3 Å². The van der Waals surface area contributed by atoms with Gasteiger partial charge in [0.1, 0.15) is 0 Å². The summed E-state index contributed by atoms with van der Waals surface area (Å²) in [7, 11) is -2.89. The highest BCUT2D eigenvalue weighted by Gasteiger charge is 2.37. The van der Waals surface area contributed by atoms with Crippen LogP contribution in [0.2, 0.25) is 10.0 Å². The minimum Gasteiger partial charge on any atom is -0.306 e. The minimum atomic E-state index is -2.89. The van der Waals surface area contributed by atoms with E-state index in [0.717, 1.165) is 5.56 Å². The van der Waals surface area contributed by atoms with Crippen LogP contribution in [0.1, 0.15) is 18.9 Å². The largest absolute Gasteiger partial charge is 0.306 e. The van der Waals surface area contributed by atoms with Crippen LogP contribution in [0.5, 0.6) is 0 Å². The molecule has 1 aromatic carbocycles. The molecule has 0 saturated carbocycles. The van der Waals surface area contributed by atoms with Gasteiger partial charge < -0.3 is 5.32 Å². The summed E-state index contributed by atoms with van der Waals surface area (Å²) in [6.07, 6.45) is 0.639. The van der Waals surface area contributed by atoms with Gasteiger partial charge >= 0.3 is 0 Å². The van der Waals surface area contributed by atoms with Gasteiger partial charge in [0.2, 0.25) is 0 Å². The van der Waals surface area contributed by atoms with Crippen LogP contribution in [0.25, 0.3) is 0 Å². The Morgan fingerprint density at radius 3 is 2.67 bits per heavy atom. The van der Waals surface area contributed by atoms with Crippen molar-refractivity contribution in [3.8, 4) is 0 Å². The number of sulfone groups is 1. The van der Waals surface area contributed by atoms with E-state index in [1.807, 2.05) is 13.0 Å². The van der Waals surface area contributed by atoms with Crippen molar-refractivity contribution < 1.29 is 8.42 Å². The van der Waals surface area contributed by atoms with Crippen LogP contribution >= 0.6 is 23.2 Å². The highest BCUT2D eigenvalue weighted by Crippen LogP contribution is 2.25. The molecule has 1 aliphatic rings. The Hall–Kier alpha value is -0.290. The van der Waals surface area contributed by atoms with E-state index in [9.17, 15) is 8.42 Å². The number of rotatable bonds is 3. The summed E-state index contributed by atoms with van der Waals surface area (Å²) in [4.78, 5) is 0. The fourth-order valence-electron chi connectivity index (χ4n) is 2.12. The van der Waals surface area contributed by atoms with Crippen molar-refractivity contribution in [2.45, 2.75) is 25.4 Å². The summed E-state index contributed by atoms with van der Waals surface area (Å²) >= 11 is 11.9. The maximum absolute atomic E-state index is 11.5. The van der Waals surface area contributed by atoms with Crippen molar-refractivity contribution in [1.29, 1.82) is 0 Å². The summed E-state index contributed by atoms with van der Waals surface area (Å²) in [5.41, 5.74) is 0.563. The van der Waals surface area contributed by atoms with E-state index in [0.29, 0.717) is 23.0 Å². The molecule has 0 aliphatic carbocycles. The van der Waals surface area contributed by atoms with Gasteiger partial charge in [0, 0.05) is 22.1 Å². The third-order valence-corrected chi connectivity index (χ3v) is 5.71. The zero-order valence-corrected chi connectivity index (χ0v) is 12.4. The van der Waals surface area contributed by atoms with Gasteiger partial charge in [-0.2, -0.15) is 0 Å². The summed E-state index contributed by atoms with van der Waals surface area (Å²) in [5, 5.41) is 4.48. The first kappa shape index (κ1) is 14.1. The Morgan fingerprint density at radius 2 is 2.11 bits per heavy atom. The molecule has 0 spiro atoms. The molecule has 1 fully saturated rings. The average molecular weight is 308 g/mol. The average Bonchev–Trinajstić information content (AvgIpc) is 2.52. The Balaban J connectivity index is 2.04. The Labute approximate surface area is 117 Å². The molecule has 1 aliphatic heterocycles. The molecule has 0 aromatic heterocycles. The van der Waals surface area contributed by atoms with Crippen molar-refractivity contribution in [3.05, 3.63) is 33.8 Å². The van der Waals surface area contributed by atoms with Gasteiger partial charge in [0.25, 0.3) is 0 Å². The molecule has 18 heavy (non-hydrogen) atoms. The number of nitrogens with one attached hydrogen (secondary N) is 1. The van der Waals surface area contributed by atoms with Crippen molar-refractivity contribution in [2.24, 2.45) is 0 Å². The number of benzene rings is 1. The van der Waals surface area contributed by atoms with Gasteiger partial charge in [-0.3, -0.25) is 0 Å². The third-order valence-electron chi connectivity index (χ3n) is 3.22. The summed E-state index contributed by atoms with van der Waals surface area (Å²) in [5.74, 6) is 0.441. The van der Waals surface area contributed by atoms with E-state index in [4.69, 9.17) is 23.2 Å². The second-order valence-corrected chi connectivity index (χ2v) is 8.02. The van der Waals surface area contributed by atoms with E-state index in [1.165, 1.54) is 0 Å². The number of hydrogen-bond donors (Lipinski definition) is 1. The number of halogens is 2. The highest BCUT2D eigenvalue weighted by atomic mass is 35.5. The molecule has 0 amide bonds. The van der Waals surface area contributed by atoms with Crippen molar-refractivity contribution in [2.75, 3.05) is 11.5 Å². The molecule has 100 valence electrons. The molecular formula is C12H15Cl2NO2S. The topological polar surface area (TPSA) is 46.2 Å². The van der Waals surface area contributed by atoms with Gasteiger partial charge in [0.05, 0.1) is 11.5 Å². The molecule has 1 heterocycles. The van der Waals surface area contributed by atoms with E-state index in [-0.39, 0.29) is 17.0 Å². The van der Waals surface area contributed by atoms with Crippen LogP contribution in [0, 0.1) is 0 Å². The lowest BCUT2D eigenvalue weighted by Gasteiger charge is -2.24. The summed E-state index contributed by atoms with van der Waals surface area (Å²) in [6.45, 7) is 2.48. The first-order valence-corrected chi connectivity index (χ1v) is 8.27. The fraction of sp³-hybridized carbons (Fsp3) is 0.500. The van der Waals surface area contributed by atoms with Crippen molar-refractivity contribution >= 4 is 33.0 Å². The molecule has 3 nitrogen and oxygen atoms in total. The normalized spacial score (nSPS) is 26.4. The van der Waals surface area contributed by atoms with Crippen molar-refractivity contribution in [3.63, 3.8) is 0 Å². The third kappa shape index (κ3) is 3.38. The van der Waals surface area contributed by atoms with Gasteiger partial charge in [-0.05, 0) is 31.0 Å². The number of hydrogen-bond acceptors (Lipinski definition) is 3. The van der Waals surface area contributed by atoms with Crippen LogP contribution in [0.3, 0.4) is 0 Å².